The van der Waals surface area contributed by atoms with Gasteiger partial charge in [-0.1, -0.05) is 19.9 Å². The molecule has 0 spiro atoms. The van der Waals surface area contributed by atoms with Crippen molar-refractivity contribution in [1.82, 2.24) is 15.0 Å². The van der Waals surface area contributed by atoms with Crippen LogP contribution in [0.3, 0.4) is 0 Å². The number of nitrogens with one attached hydrogen (secondary N) is 1. The molecule has 0 fully saturated rings. The van der Waals surface area contributed by atoms with Gasteiger partial charge in [-0.3, -0.25) is 4.98 Å². The maximum absolute atomic E-state index is 4.67. The van der Waals surface area contributed by atoms with Crippen molar-refractivity contribution in [1.29, 1.82) is 0 Å². The van der Waals surface area contributed by atoms with Crippen LogP contribution in [0.4, 0.5) is 5.82 Å². The van der Waals surface area contributed by atoms with Crippen molar-refractivity contribution in [2.45, 2.75) is 34.1 Å². The fourth-order valence-electron chi connectivity index (χ4n) is 2.20. The van der Waals surface area contributed by atoms with E-state index in [4.69, 9.17) is 0 Å². The molecule has 0 aromatic carbocycles. The molecule has 0 aliphatic heterocycles. The average Bonchev–Trinajstić information content (AvgIpc) is 2.37. The van der Waals surface area contributed by atoms with Gasteiger partial charge in [-0.15, -0.1) is 0 Å². The number of hydrogen-bond donors (Lipinski definition) is 1. The Kier molecular flexibility index (Phi) is 4.32. The molecule has 0 amide bonds. The van der Waals surface area contributed by atoms with E-state index in [1.54, 1.807) is 0 Å². The third-order valence-corrected chi connectivity index (χ3v) is 3.08. The lowest BCUT2D eigenvalue weighted by molar-refractivity contribution is 0.634. The SMILES string of the molecule is CNc1cc(CC(C)C)nc(-c2ncc(C)cc2C)n1. The second-order valence-corrected chi connectivity index (χ2v) is 5.59. The average molecular weight is 270 g/mol. The highest BCUT2D eigenvalue weighted by Gasteiger charge is 2.11. The minimum absolute atomic E-state index is 0.564. The van der Waals surface area contributed by atoms with Gasteiger partial charge in [-0.05, 0) is 37.3 Å². The molecule has 0 bridgehead atoms. The molecule has 2 rings (SSSR count). The lowest BCUT2D eigenvalue weighted by atomic mass is 10.1. The van der Waals surface area contributed by atoms with E-state index in [-0.39, 0.29) is 0 Å². The van der Waals surface area contributed by atoms with Crippen molar-refractivity contribution < 1.29 is 0 Å². The first-order valence-corrected chi connectivity index (χ1v) is 6.99. The van der Waals surface area contributed by atoms with Crippen molar-refractivity contribution >= 4 is 5.82 Å². The van der Waals surface area contributed by atoms with Gasteiger partial charge in [-0.25, -0.2) is 9.97 Å². The van der Waals surface area contributed by atoms with Crippen molar-refractivity contribution in [3.05, 3.63) is 35.2 Å². The molecule has 2 aromatic rings. The fourth-order valence-corrected chi connectivity index (χ4v) is 2.20. The Bertz CT molecular complexity index is 605. The number of pyridine rings is 1. The van der Waals surface area contributed by atoms with E-state index in [1.165, 1.54) is 0 Å². The Morgan fingerprint density at radius 1 is 1.15 bits per heavy atom. The first kappa shape index (κ1) is 14.4. The smallest absolute Gasteiger partial charge is 0.180 e. The molecule has 1 N–H and O–H groups in total. The molecule has 106 valence electrons. The minimum Gasteiger partial charge on any atom is -0.373 e. The molecule has 2 heterocycles. The van der Waals surface area contributed by atoms with Gasteiger partial charge in [0.1, 0.15) is 11.5 Å². The Hall–Kier alpha value is -1.97. The molecule has 0 radical (unpaired) electrons. The zero-order valence-corrected chi connectivity index (χ0v) is 12.9. The van der Waals surface area contributed by atoms with Gasteiger partial charge < -0.3 is 5.32 Å². The molecule has 2 aromatic heterocycles. The lowest BCUT2D eigenvalue weighted by Crippen LogP contribution is -2.05. The normalized spacial score (nSPS) is 10.9. The molecule has 0 saturated heterocycles. The number of hydrogen-bond acceptors (Lipinski definition) is 4. The van der Waals surface area contributed by atoms with Gasteiger partial charge in [0.2, 0.25) is 0 Å². The van der Waals surface area contributed by atoms with E-state index in [2.05, 4.69) is 40.2 Å². The van der Waals surface area contributed by atoms with Crippen LogP contribution >= 0.6 is 0 Å². The number of aromatic nitrogens is 3. The van der Waals surface area contributed by atoms with Gasteiger partial charge >= 0.3 is 0 Å². The first-order chi connectivity index (χ1) is 9.49. The van der Waals surface area contributed by atoms with E-state index in [0.717, 1.165) is 34.8 Å². The Morgan fingerprint density at radius 2 is 1.90 bits per heavy atom. The van der Waals surface area contributed by atoms with E-state index in [1.807, 2.05) is 33.2 Å². The third-order valence-electron chi connectivity index (χ3n) is 3.08. The molecular weight excluding hydrogens is 248 g/mol. The van der Waals surface area contributed by atoms with Gasteiger partial charge in [-0.2, -0.15) is 0 Å². The monoisotopic (exact) mass is 270 g/mol. The zero-order valence-electron chi connectivity index (χ0n) is 12.9. The molecule has 0 aliphatic rings. The second kappa shape index (κ2) is 5.99. The summed E-state index contributed by atoms with van der Waals surface area (Å²) in [7, 11) is 1.88. The molecule has 0 saturated carbocycles. The summed E-state index contributed by atoms with van der Waals surface area (Å²) in [6.45, 7) is 8.47. The summed E-state index contributed by atoms with van der Waals surface area (Å²) >= 11 is 0. The molecule has 0 aliphatic carbocycles. The van der Waals surface area contributed by atoms with Crippen LogP contribution in [0.25, 0.3) is 11.5 Å². The largest absolute Gasteiger partial charge is 0.373 e. The van der Waals surface area contributed by atoms with Crippen LogP contribution in [-0.4, -0.2) is 22.0 Å². The fraction of sp³-hybridized carbons (Fsp3) is 0.438. The quantitative estimate of drug-likeness (QED) is 0.925. The van der Waals surface area contributed by atoms with Crippen LogP contribution in [0.1, 0.15) is 30.7 Å². The predicted octanol–water partition coefficient (Wildman–Crippen LogP) is 3.40. The first-order valence-electron chi connectivity index (χ1n) is 6.99. The van der Waals surface area contributed by atoms with Crippen molar-refractivity contribution in [3.8, 4) is 11.5 Å². The van der Waals surface area contributed by atoms with Crippen molar-refractivity contribution in [3.63, 3.8) is 0 Å². The highest BCUT2D eigenvalue weighted by molar-refractivity contribution is 5.57. The second-order valence-electron chi connectivity index (χ2n) is 5.59. The standard InChI is InChI=1S/C16H22N4/c1-10(2)6-13-8-14(17-5)20-16(19-13)15-12(4)7-11(3)9-18-15/h7-10H,6H2,1-5H3,(H,17,19,20). The predicted molar refractivity (Wildman–Crippen MR) is 82.8 cm³/mol. The highest BCUT2D eigenvalue weighted by atomic mass is 15.0. The number of nitrogens with zero attached hydrogens (tertiary/aromatic N) is 3. The van der Waals surface area contributed by atoms with Gasteiger partial charge in [0.05, 0.1) is 0 Å². The maximum Gasteiger partial charge on any atom is 0.180 e. The van der Waals surface area contributed by atoms with Crippen LogP contribution in [-0.2, 0) is 6.42 Å². The zero-order chi connectivity index (χ0) is 14.7. The number of anilines is 1. The molecule has 20 heavy (non-hydrogen) atoms. The molecular formula is C16H22N4. The number of aryl methyl sites for hydroxylation is 2. The molecule has 0 atom stereocenters. The van der Waals surface area contributed by atoms with Gasteiger partial charge in [0.25, 0.3) is 0 Å². The molecule has 4 heteroatoms. The van der Waals surface area contributed by atoms with E-state index < -0.39 is 0 Å². The topological polar surface area (TPSA) is 50.7 Å². The summed E-state index contributed by atoms with van der Waals surface area (Å²) in [5.41, 5.74) is 4.17. The van der Waals surface area contributed by atoms with Crippen molar-refractivity contribution in [2.75, 3.05) is 12.4 Å². The molecule has 4 nitrogen and oxygen atoms in total. The Labute approximate surface area is 120 Å². The number of rotatable bonds is 4. The van der Waals surface area contributed by atoms with Crippen molar-refractivity contribution in [2.24, 2.45) is 5.92 Å². The minimum atomic E-state index is 0.564. The van der Waals surface area contributed by atoms with E-state index in [0.29, 0.717) is 11.7 Å². The van der Waals surface area contributed by atoms with Crippen LogP contribution in [0.2, 0.25) is 0 Å². The van der Waals surface area contributed by atoms with Crippen LogP contribution in [0.15, 0.2) is 18.3 Å². The third kappa shape index (κ3) is 3.32. The Morgan fingerprint density at radius 3 is 2.50 bits per heavy atom. The summed E-state index contributed by atoms with van der Waals surface area (Å²) in [4.78, 5) is 13.7. The highest BCUT2D eigenvalue weighted by Crippen LogP contribution is 2.21. The van der Waals surface area contributed by atoms with E-state index >= 15 is 0 Å². The summed E-state index contributed by atoms with van der Waals surface area (Å²) in [5.74, 6) is 2.10. The lowest BCUT2D eigenvalue weighted by Gasteiger charge is -2.10. The van der Waals surface area contributed by atoms with Crippen LogP contribution in [0.5, 0.6) is 0 Å². The molecule has 0 unspecified atom stereocenters. The summed E-state index contributed by atoms with van der Waals surface area (Å²) in [6, 6.07) is 4.12. The summed E-state index contributed by atoms with van der Waals surface area (Å²) in [6.07, 6.45) is 2.80. The maximum atomic E-state index is 4.67. The van der Waals surface area contributed by atoms with E-state index in [9.17, 15) is 0 Å². The van der Waals surface area contributed by atoms with Gasteiger partial charge in [0, 0.05) is 25.0 Å². The van der Waals surface area contributed by atoms with Crippen LogP contribution < -0.4 is 5.32 Å². The summed E-state index contributed by atoms with van der Waals surface area (Å²) in [5, 5.41) is 3.10. The Balaban J connectivity index is 2.49. The summed E-state index contributed by atoms with van der Waals surface area (Å²) < 4.78 is 0. The van der Waals surface area contributed by atoms with Crippen LogP contribution in [0, 0.1) is 19.8 Å². The van der Waals surface area contributed by atoms with Gasteiger partial charge in [0.15, 0.2) is 5.82 Å².